The number of alkyl halides is 1. The van der Waals surface area contributed by atoms with Crippen molar-refractivity contribution in [2.45, 2.75) is 19.2 Å². The molecule has 2 aromatic heterocycles. The number of H-pyrrole nitrogens is 1. The van der Waals surface area contributed by atoms with Gasteiger partial charge in [-0.15, -0.1) is 11.6 Å². The van der Waals surface area contributed by atoms with Gasteiger partial charge in [-0.25, -0.2) is 0 Å². The second kappa shape index (κ2) is 4.45. The Labute approximate surface area is 93.5 Å². The normalized spacial score (nSPS) is 10.5. The van der Waals surface area contributed by atoms with Gasteiger partial charge in [0.1, 0.15) is 0 Å². The van der Waals surface area contributed by atoms with Crippen LogP contribution in [0.15, 0.2) is 24.5 Å². The van der Waals surface area contributed by atoms with Crippen LogP contribution in [0.25, 0.3) is 11.3 Å². The van der Waals surface area contributed by atoms with E-state index < -0.39 is 0 Å². The Morgan fingerprint density at radius 2 is 2.33 bits per heavy atom. The number of halogens is 1. The summed E-state index contributed by atoms with van der Waals surface area (Å²) in [4.78, 5) is 4.07. The molecule has 0 unspecified atom stereocenters. The van der Waals surface area contributed by atoms with Gasteiger partial charge < -0.3 is 0 Å². The van der Waals surface area contributed by atoms with Crippen LogP contribution in [-0.4, -0.2) is 15.2 Å². The number of aromatic nitrogens is 3. The summed E-state index contributed by atoms with van der Waals surface area (Å²) in [7, 11) is 0. The lowest BCUT2D eigenvalue weighted by Gasteiger charge is -1.99. The first-order valence-electron chi connectivity index (χ1n) is 4.89. The van der Waals surface area contributed by atoms with Gasteiger partial charge in [0.05, 0.1) is 11.6 Å². The van der Waals surface area contributed by atoms with Gasteiger partial charge in [-0.05, 0) is 18.6 Å². The Kier molecular flexibility index (Phi) is 3.02. The fourth-order valence-corrected chi connectivity index (χ4v) is 1.87. The van der Waals surface area contributed by atoms with E-state index in [0.29, 0.717) is 5.88 Å². The van der Waals surface area contributed by atoms with Gasteiger partial charge in [0, 0.05) is 29.2 Å². The van der Waals surface area contributed by atoms with E-state index in [1.165, 1.54) is 0 Å². The summed E-state index contributed by atoms with van der Waals surface area (Å²) in [5.74, 6) is 0.476. The highest BCUT2D eigenvalue weighted by atomic mass is 35.5. The molecule has 4 heteroatoms. The Balaban J connectivity index is 2.49. The summed E-state index contributed by atoms with van der Waals surface area (Å²) in [5.41, 5.74) is 4.09. The van der Waals surface area contributed by atoms with Gasteiger partial charge in [0.25, 0.3) is 0 Å². The minimum absolute atomic E-state index is 0.476. The minimum Gasteiger partial charge on any atom is -0.282 e. The van der Waals surface area contributed by atoms with Crippen molar-refractivity contribution in [1.82, 2.24) is 15.2 Å². The van der Waals surface area contributed by atoms with Crippen LogP contribution in [-0.2, 0) is 12.3 Å². The number of hydrogen-bond donors (Lipinski definition) is 1. The second-order valence-electron chi connectivity index (χ2n) is 3.26. The summed E-state index contributed by atoms with van der Waals surface area (Å²) in [6, 6.07) is 3.88. The molecule has 0 amide bonds. The summed E-state index contributed by atoms with van der Waals surface area (Å²) in [5, 5.41) is 7.29. The van der Waals surface area contributed by atoms with Crippen molar-refractivity contribution < 1.29 is 0 Å². The molecule has 0 bridgehead atoms. The number of nitrogens with zero attached hydrogens (tertiary/aromatic N) is 2. The maximum atomic E-state index is 5.93. The molecule has 3 nitrogen and oxygen atoms in total. The van der Waals surface area contributed by atoms with Crippen LogP contribution in [0.1, 0.15) is 18.2 Å². The van der Waals surface area contributed by atoms with Crippen LogP contribution < -0.4 is 0 Å². The van der Waals surface area contributed by atoms with Crippen molar-refractivity contribution >= 4 is 11.6 Å². The Hall–Kier alpha value is -1.35. The van der Waals surface area contributed by atoms with E-state index in [4.69, 9.17) is 11.6 Å². The number of pyridine rings is 1. The van der Waals surface area contributed by atoms with E-state index in [1.54, 1.807) is 12.4 Å². The van der Waals surface area contributed by atoms with Gasteiger partial charge in [-0.2, -0.15) is 5.10 Å². The Morgan fingerprint density at radius 3 is 2.93 bits per heavy atom. The van der Waals surface area contributed by atoms with Crippen LogP contribution >= 0.6 is 11.6 Å². The third kappa shape index (κ3) is 1.88. The van der Waals surface area contributed by atoms with Crippen LogP contribution in [0.4, 0.5) is 0 Å². The zero-order valence-electron chi connectivity index (χ0n) is 8.50. The van der Waals surface area contributed by atoms with Crippen molar-refractivity contribution in [3.8, 4) is 11.3 Å². The van der Waals surface area contributed by atoms with Crippen LogP contribution in [0.3, 0.4) is 0 Å². The predicted octanol–water partition coefficient (Wildman–Crippen LogP) is 2.77. The summed E-state index contributed by atoms with van der Waals surface area (Å²) in [6.45, 7) is 2.08. The minimum atomic E-state index is 0.476. The van der Waals surface area contributed by atoms with E-state index in [0.717, 1.165) is 28.9 Å². The van der Waals surface area contributed by atoms with Gasteiger partial charge in [0.15, 0.2) is 0 Å². The summed E-state index contributed by atoms with van der Waals surface area (Å²) in [6.07, 6.45) is 4.46. The SMILES string of the molecule is CCc1[nH]nc(-c2cccnc2)c1CCl. The molecule has 15 heavy (non-hydrogen) atoms. The largest absolute Gasteiger partial charge is 0.282 e. The maximum Gasteiger partial charge on any atom is 0.0983 e. The molecule has 2 heterocycles. The van der Waals surface area contributed by atoms with Crippen molar-refractivity contribution in [1.29, 1.82) is 0 Å². The number of aryl methyl sites for hydroxylation is 1. The second-order valence-corrected chi connectivity index (χ2v) is 3.53. The topological polar surface area (TPSA) is 41.6 Å². The molecule has 2 aromatic rings. The highest BCUT2D eigenvalue weighted by Crippen LogP contribution is 2.24. The zero-order valence-corrected chi connectivity index (χ0v) is 9.25. The average Bonchev–Trinajstić information content (AvgIpc) is 2.72. The quantitative estimate of drug-likeness (QED) is 0.810. The van der Waals surface area contributed by atoms with Crippen molar-refractivity contribution in [3.05, 3.63) is 35.8 Å². The van der Waals surface area contributed by atoms with Gasteiger partial charge in [-0.3, -0.25) is 10.1 Å². The molecular weight excluding hydrogens is 210 g/mol. The molecule has 0 aliphatic heterocycles. The first kappa shape index (κ1) is 10.2. The molecule has 0 aliphatic rings. The molecule has 0 atom stereocenters. The fourth-order valence-electron chi connectivity index (χ4n) is 1.58. The third-order valence-electron chi connectivity index (χ3n) is 2.37. The molecule has 78 valence electrons. The lowest BCUT2D eigenvalue weighted by Crippen LogP contribution is -1.88. The van der Waals surface area contributed by atoms with E-state index in [2.05, 4.69) is 22.1 Å². The highest BCUT2D eigenvalue weighted by molar-refractivity contribution is 6.17. The third-order valence-corrected chi connectivity index (χ3v) is 2.64. The molecule has 1 N–H and O–H groups in total. The maximum absolute atomic E-state index is 5.93. The zero-order chi connectivity index (χ0) is 10.7. The van der Waals surface area contributed by atoms with Crippen molar-refractivity contribution in [2.24, 2.45) is 0 Å². The fraction of sp³-hybridized carbons (Fsp3) is 0.273. The number of hydrogen-bond acceptors (Lipinski definition) is 2. The number of nitrogens with one attached hydrogen (secondary N) is 1. The first-order chi connectivity index (χ1) is 7.36. The first-order valence-corrected chi connectivity index (χ1v) is 5.42. The van der Waals surface area contributed by atoms with Crippen molar-refractivity contribution in [2.75, 3.05) is 0 Å². The smallest absolute Gasteiger partial charge is 0.0983 e. The monoisotopic (exact) mass is 221 g/mol. The lowest BCUT2D eigenvalue weighted by molar-refractivity contribution is 0.968. The average molecular weight is 222 g/mol. The van der Waals surface area contributed by atoms with Crippen LogP contribution in [0.5, 0.6) is 0 Å². The predicted molar refractivity (Wildman–Crippen MR) is 60.8 cm³/mol. The molecule has 0 aliphatic carbocycles. The standard InChI is InChI=1S/C11H12ClN3/c1-2-10-9(6-12)11(15-14-10)8-4-3-5-13-7-8/h3-5,7H,2,6H2,1H3,(H,14,15). The van der Waals surface area contributed by atoms with Crippen LogP contribution in [0, 0.1) is 0 Å². The van der Waals surface area contributed by atoms with E-state index >= 15 is 0 Å². The molecule has 0 radical (unpaired) electrons. The molecule has 0 aromatic carbocycles. The summed E-state index contributed by atoms with van der Waals surface area (Å²) >= 11 is 5.93. The Bertz CT molecular complexity index is 436. The molecule has 0 saturated heterocycles. The van der Waals surface area contributed by atoms with Crippen LogP contribution in [0.2, 0.25) is 0 Å². The van der Waals surface area contributed by atoms with E-state index in [-0.39, 0.29) is 0 Å². The van der Waals surface area contributed by atoms with Gasteiger partial charge in [0.2, 0.25) is 0 Å². The lowest BCUT2D eigenvalue weighted by atomic mass is 10.1. The Morgan fingerprint density at radius 1 is 1.47 bits per heavy atom. The van der Waals surface area contributed by atoms with E-state index in [9.17, 15) is 0 Å². The molecule has 0 saturated carbocycles. The molecule has 0 spiro atoms. The van der Waals surface area contributed by atoms with Crippen molar-refractivity contribution in [3.63, 3.8) is 0 Å². The highest BCUT2D eigenvalue weighted by Gasteiger charge is 2.12. The molecular formula is C11H12ClN3. The van der Waals surface area contributed by atoms with Gasteiger partial charge in [-0.1, -0.05) is 6.92 Å². The number of rotatable bonds is 3. The number of aromatic amines is 1. The van der Waals surface area contributed by atoms with E-state index in [1.807, 2.05) is 12.1 Å². The van der Waals surface area contributed by atoms with Gasteiger partial charge >= 0.3 is 0 Å². The summed E-state index contributed by atoms with van der Waals surface area (Å²) < 4.78 is 0. The molecule has 2 rings (SSSR count). The molecule has 0 fully saturated rings.